The standard InChI is InChI=1S/C16H20F3N5O4/c1-21(2)15-12(24(26)27)8-22(9-14(25)28-3)10-23(15)7-11-4-5-13(20-6-11)16(17,18)19/h4-6H,7-10H2,1-3H3. The summed E-state index contributed by atoms with van der Waals surface area (Å²) in [6.07, 6.45) is -3.46. The molecule has 1 aromatic rings. The van der Waals surface area contributed by atoms with Crippen LogP contribution in [0, 0.1) is 10.1 Å². The smallest absolute Gasteiger partial charge is 0.433 e. The van der Waals surface area contributed by atoms with Crippen LogP contribution in [0.4, 0.5) is 13.2 Å². The maximum atomic E-state index is 12.7. The Hall–Kier alpha value is -2.89. The van der Waals surface area contributed by atoms with Crippen LogP contribution in [0.3, 0.4) is 0 Å². The van der Waals surface area contributed by atoms with E-state index in [0.29, 0.717) is 11.4 Å². The zero-order valence-corrected chi connectivity index (χ0v) is 15.6. The fourth-order valence-corrected chi connectivity index (χ4v) is 2.89. The van der Waals surface area contributed by atoms with Crippen molar-refractivity contribution in [1.82, 2.24) is 19.7 Å². The molecule has 9 nitrogen and oxygen atoms in total. The number of nitro groups is 1. The molecule has 0 saturated heterocycles. The zero-order valence-electron chi connectivity index (χ0n) is 15.6. The van der Waals surface area contributed by atoms with Gasteiger partial charge < -0.3 is 14.5 Å². The SMILES string of the molecule is COC(=O)CN1CC([N+](=O)[O-])=C(N(C)C)N(Cc2ccc(C(F)(F)F)nc2)C1. The number of carbonyl (C=O) groups is 1. The normalized spacial score (nSPS) is 15.6. The summed E-state index contributed by atoms with van der Waals surface area (Å²) in [7, 11) is 4.48. The highest BCUT2D eigenvalue weighted by atomic mass is 19.4. The van der Waals surface area contributed by atoms with Crippen LogP contribution in [0.25, 0.3) is 0 Å². The van der Waals surface area contributed by atoms with Gasteiger partial charge in [0.2, 0.25) is 0 Å². The first-order valence-electron chi connectivity index (χ1n) is 8.14. The summed E-state index contributed by atoms with van der Waals surface area (Å²) >= 11 is 0. The van der Waals surface area contributed by atoms with Crippen molar-refractivity contribution in [3.63, 3.8) is 0 Å². The number of halogens is 3. The average molecular weight is 403 g/mol. The molecule has 2 rings (SSSR count). The Bertz CT molecular complexity index is 765. The quantitative estimate of drug-likeness (QED) is 0.399. The molecular formula is C16H20F3N5O4. The third-order valence-electron chi connectivity index (χ3n) is 4.01. The lowest BCUT2D eigenvalue weighted by atomic mass is 10.2. The summed E-state index contributed by atoms with van der Waals surface area (Å²) in [5, 5.41) is 11.5. The first kappa shape index (κ1) is 21.4. The van der Waals surface area contributed by atoms with Crippen molar-refractivity contribution in [2.24, 2.45) is 0 Å². The van der Waals surface area contributed by atoms with Crippen molar-refractivity contribution in [3.8, 4) is 0 Å². The minimum absolute atomic E-state index is 0.0720. The van der Waals surface area contributed by atoms with E-state index in [-0.39, 0.29) is 32.0 Å². The van der Waals surface area contributed by atoms with Crippen molar-refractivity contribution in [2.75, 3.05) is 41.0 Å². The number of aromatic nitrogens is 1. The van der Waals surface area contributed by atoms with Gasteiger partial charge in [-0.15, -0.1) is 0 Å². The van der Waals surface area contributed by atoms with Crippen LogP contribution in [0.1, 0.15) is 11.3 Å². The van der Waals surface area contributed by atoms with Crippen LogP contribution >= 0.6 is 0 Å². The molecule has 0 fully saturated rings. The molecule has 2 heterocycles. The second-order valence-electron chi connectivity index (χ2n) is 6.37. The molecule has 28 heavy (non-hydrogen) atoms. The van der Waals surface area contributed by atoms with Gasteiger partial charge in [0.05, 0.1) is 31.8 Å². The number of hydrogen-bond acceptors (Lipinski definition) is 8. The number of pyridine rings is 1. The van der Waals surface area contributed by atoms with Gasteiger partial charge in [-0.05, 0) is 11.6 Å². The Morgan fingerprint density at radius 2 is 2.07 bits per heavy atom. The number of ether oxygens (including phenoxy) is 1. The van der Waals surface area contributed by atoms with Gasteiger partial charge in [0.15, 0.2) is 5.82 Å². The summed E-state index contributed by atoms with van der Waals surface area (Å²) < 4.78 is 42.6. The Morgan fingerprint density at radius 1 is 1.39 bits per heavy atom. The summed E-state index contributed by atoms with van der Waals surface area (Å²) in [6, 6.07) is 2.13. The van der Waals surface area contributed by atoms with Gasteiger partial charge in [-0.1, -0.05) is 6.07 Å². The maximum Gasteiger partial charge on any atom is 0.433 e. The lowest BCUT2D eigenvalue weighted by Gasteiger charge is -2.38. The zero-order chi connectivity index (χ0) is 21.1. The van der Waals surface area contributed by atoms with Gasteiger partial charge in [-0.3, -0.25) is 24.8 Å². The summed E-state index contributed by atoms with van der Waals surface area (Å²) in [4.78, 5) is 30.7. The molecule has 1 aliphatic rings. The summed E-state index contributed by atoms with van der Waals surface area (Å²) in [5.41, 5.74) is -0.702. The minimum atomic E-state index is -4.55. The largest absolute Gasteiger partial charge is 0.468 e. The van der Waals surface area contributed by atoms with Crippen LogP contribution in [0.15, 0.2) is 29.8 Å². The number of nitrogens with zero attached hydrogens (tertiary/aromatic N) is 5. The van der Waals surface area contributed by atoms with E-state index in [4.69, 9.17) is 0 Å². The first-order chi connectivity index (χ1) is 13.0. The molecule has 0 amide bonds. The van der Waals surface area contributed by atoms with Crippen molar-refractivity contribution in [1.29, 1.82) is 0 Å². The third-order valence-corrected chi connectivity index (χ3v) is 4.01. The van der Waals surface area contributed by atoms with Gasteiger partial charge in [0.1, 0.15) is 5.69 Å². The molecule has 0 aromatic carbocycles. The molecule has 1 aliphatic heterocycles. The topological polar surface area (TPSA) is 92.0 Å². The molecule has 1 aromatic heterocycles. The number of hydrogen-bond donors (Lipinski definition) is 0. The molecule has 0 N–H and O–H groups in total. The monoisotopic (exact) mass is 403 g/mol. The van der Waals surface area contributed by atoms with Gasteiger partial charge >= 0.3 is 12.1 Å². The van der Waals surface area contributed by atoms with E-state index in [0.717, 1.165) is 12.3 Å². The predicted molar refractivity (Wildman–Crippen MR) is 90.9 cm³/mol. The van der Waals surface area contributed by atoms with Gasteiger partial charge in [0.25, 0.3) is 5.70 Å². The molecule has 154 valence electrons. The van der Waals surface area contributed by atoms with Crippen LogP contribution in [-0.2, 0) is 22.3 Å². The lowest BCUT2D eigenvalue weighted by molar-refractivity contribution is -0.433. The Morgan fingerprint density at radius 3 is 2.54 bits per heavy atom. The highest BCUT2D eigenvalue weighted by Crippen LogP contribution is 2.28. The predicted octanol–water partition coefficient (Wildman–Crippen LogP) is 1.36. The van der Waals surface area contributed by atoms with Crippen molar-refractivity contribution in [3.05, 3.63) is 51.2 Å². The highest BCUT2D eigenvalue weighted by molar-refractivity contribution is 5.71. The van der Waals surface area contributed by atoms with Crippen molar-refractivity contribution < 1.29 is 27.6 Å². The second-order valence-corrected chi connectivity index (χ2v) is 6.37. The van der Waals surface area contributed by atoms with E-state index < -0.39 is 22.8 Å². The average Bonchev–Trinajstić information content (AvgIpc) is 2.60. The van der Waals surface area contributed by atoms with Gasteiger partial charge in [0, 0.05) is 26.8 Å². The third kappa shape index (κ3) is 5.09. The van der Waals surface area contributed by atoms with Crippen LogP contribution < -0.4 is 0 Å². The van der Waals surface area contributed by atoms with Crippen molar-refractivity contribution >= 4 is 5.97 Å². The maximum absolute atomic E-state index is 12.7. The number of methoxy groups -OCH3 is 1. The Labute approximate surface area is 159 Å². The fourth-order valence-electron chi connectivity index (χ4n) is 2.89. The molecular weight excluding hydrogens is 383 g/mol. The second kappa shape index (κ2) is 8.42. The van der Waals surface area contributed by atoms with E-state index >= 15 is 0 Å². The molecule has 0 aliphatic carbocycles. The molecule has 0 saturated carbocycles. The number of carbonyl (C=O) groups excluding carboxylic acids is 1. The molecule has 12 heteroatoms. The van der Waals surface area contributed by atoms with Crippen LogP contribution in [-0.4, -0.2) is 71.5 Å². The lowest BCUT2D eigenvalue weighted by Crippen LogP contribution is -2.49. The van der Waals surface area contributed by atoms with E-state index in [9.17, 15) is 28.1 Å². The number of esters is 1. The fraction of sp³-hybridized carbons (Fsp3) is 0.500. The van der Waals surface area contributed by atoms with Gasteiger partial charge in [-0.2, -0.15) is 13.2 Å². The summed E-state index contributed by atoms with van der Waals surface area (Å²) in [6.45, 7) is 0.00231. The summed E-state index contributed by atoms with van der Waals surface area (Å²) in [5.74, 6) is -0.238. The van der Waals surface area contributed by atoms with E-state index in [1.54, 1.807) is 23.9 Å². The van der Waals surface area contributed by atoms with Crippen molar-refractivity contribution in [2.45, 2.75) is 12.7 Å². The molecule has 0 radical (unpaired) electrons. The minimum Gasteiger partial charge on any atom is -0.468 e. The molecule has 0 spiro atoms. The van der Waals surface area contributed by atoms with E-state index in [1.807, 2.05) is 0 Å². The van der Waals surface area contributed by atoms with E-state index in [2.05, 4.69) is 9.72 Å². The van der Waals surface area contributed by atoms with E-state index in [1.165, 1.54) is 18.1 Å². The van der Waals surface area contributed by atoms with Gasteiger partial charge in [-0.25, -0.2) is 0 Å². The first-order valence-corrected chi connectivity index (χ1v) is 8.14. The van der Waals surface area contributed by atoms with Crippen LogP contribution in [0.2, 0.25) is 0 Å². The molecule has 0 atom stereocenters. The highest BCUT2D eigenvalue weighted by Gasteiger charge is 2.35. The number of alkyl halides is 3. The molecule has 0 unspecified atom stereocenters. The Balaban J connectivity index is 2.32. The van der Waals surface area contributed by atoms with Crippen LogP contribution in [0.5, 0.6) is 0 Å². The number of rotatable bonds is 6. The molecule has 0 bridgehead atoms. The Kier molecular flexibility index (Phi) is 6.44.